The van der Waals surface area contributed by atoms with Crippen LogP contribution >= 0.6 is 0 Å². The van der Waals surface area contributed by atoms with Gasteiger partial charge in [0.05, 0.1) is 12.3 Å². The van der Waals surface area contributed by atoms with Crippen LogP contribution in [0.15, 0.2) is 48.5 Å². The average Bonchev–Trinajstić information content (AvgIpc) is 2.50. The lowest BCUT2D eigenvalue weighted by Crippen LogP contribution is -2.27. The van der Waals surface area contributed by atoms with Crippen LogP contribution in [0, 0.1) is 5.82 Å². The number of hydrogen-bond acceptors (Lipinski definition) is 3. The molecule has 21 heavy (non-hydrogen) atoms. The molecule has 0 bridgehead atoms. The monoisotopic (exact) mass is 288 g/mol. The van der Waals surface area contributed by atoms with Crippen molar-refractivity contribution >= 4 is 5.69 Å². The fraction of sp³-hybridized carbons (Fsp3) is 0.294. The third-order valence-corrected chi connectivity index (χ3v) is 3.32. The molecule has 0 fully saturated rings. The van der Waals surface area contributed by atoms with Gasteiger partial charge < -0.3 is 15.3 Å². The second-order valence-electron chi connectivity index (χ2n) is 4.95. The van der Waals surface area contributed by atoms with Gasteiger partial charge in [-0.2, -0.15) is 0 Å². The number of nitrogens with zero attached hydrogens (tertiary/aromatic N) is 1. The lowest BCUT2D eigenvalue weighted by Gasteiger charge is -2.25. The molecule has 112 valence electrons. The molecule has 0 aromatic heterocycles. The Morgan fingerprint density at radius 3 is 2.52 bits per heavy atom. The van der Waals surface area contributed by atoms with Crippen molar-refractivity contribution in [3.05, 3.63) is 65.5 Å². The highest BCUT2D eigenvalue weighted by atomic mass is 19.1. The van der Waals surface area contributed by atoms with Crippen molar-refractivity contribution in [3.63, 3.8) is 0 Å². The molecule has 2 aromatic carbocycles. The van der Waals surface area contributed by atoms with Crippen molar-refractivity contribution in [3.8, 4) is 0 Å². The van der Waals surface area contributed by atoms with Crippen LogP contribution in [0.3, 0.4) is 0 Å². The number of halogens is 1. The van der Waals surface area contributed by atoms with Gasteiger partial charge in [0.1, 0.15) is 5.82 Å². The van der Waals surface area contributed by atoms with E-state index >= 15 is 0 Å². The number of nitrogens with one attached hydrogen (secondary N) is 1. The van der Waals surface area contributed by atoms with Gasteiger partial charge in [-0.3, -0.25) is 0 Å². The number of benzene rings is 2. The molecule has 0 amide bonds. The Morgan fingerprint density at radius 2 is 1.86 bits per heavy atom. The van der Waals surface area contributed by atoms with Gasteiger partial charge in [0.2, 0.25) is 0 Å². The van der Waals surface area contributed by atoms with Crippen LogP contribution in [0.4, 0.5) is 10.1 Å². The molecule has 2 N–H and O–H groups in total. The van der Waals surface area contributed by atoms with Gasteiger partial charge in [0, 0.05) is 19.6 Å². The van der Waals surface area contributed by atoms with E-state index in [2.05, 4.69) is 5.32 Å². The van der Waals surface area contributed by atoms with Crippen LogP contribution in [0.25, 0.3) is 0 Å². The van der Waals surface area contributed by atoms with Crippen molar-refractivity contribution in [2.75, 3.05) is 25.1 Å². The lowest BCUT2D eigenvalue weighted by atomic mass is 10.1. The van der Waals surface area contributed by atoms with Crippen molar-refractivity contribution < 1.29 is 9.50 Å². The van der Waals surface area contributed by atoms with E-state index in [0.29, 0.717) is 25.3 Å². The van der Waals surface area contributed by atoms with Crippen LogP contribution in [-0.4, -0.2) is 25.3 Å². The predicted octanol–water partition coefficient (Wildman–Crippen LogP) is 2.54. The van der Waals surface area contributed by atoms with E-state index in [9.17, 15) is 9.50 Å². The molecule has 3 nitrogen and oxygen atoms in total. The molecule has 4 heteroatoms. The molecule has 0 aliphatic carbocycles. The molecular formula is C17H21FN2O. The second kappa shape index (κ2) is 7.76. The third kappa shape index (κ3) is 4.28. The van der Waals surface area contributed by atoms with Crippen LogP contribution in [0.5, 0.6) is 0 Å². The van der Waals surface area contributed by atoms with E-state index in [1.165, 1.54) is 6.07 Å². The van der Waals surface area contributed by atoms with Gasteiger partial charge in [0.15, 0.2) is 0 Å². The van der Waals surface area contributed by atoms with E-state index < -0.39 is 0 Å². The van der Waals surface area contributed by atoms with Crippen LogP contribution in [0.1, 0.15) is 11.1 Å². The Bertz CT molecular complexity index is 560. The molecule has 2 rings (SSSR count). The molecule has 0 spiro atoms. The summed E-state index contributed by atoms with van der Waals surface area (Å²) < 4.78 is 14.1. The normalized spacial score (nSPS) is 10.6. The zero-order valence-corrected chi connectivity index (χ0v) is 12.2. The highest BCUT2D eigenvalue weighted by Crippen LogP contribution is 2.23. The number of aliphatic hydroxyl groups excluding tert-OH is 1. The second-order valence-corrected chi connectivity index (χ2v) is 4.95. The zero-order chi connectivity index (χ0) is 15.1. The summed E-state index contributed by atoms with van der Waals surface area (Å²) in [6.07, 6.45) is 0. The molecule has 0 atom stereocenters. The van der Waals surface area contributed by atoms with Crippen LogP contribution in [-0.2, 0) is 13.1 Å². The van der Waals surface area contributed by atoms with Crippen molar-refractivity contribution in [1.82, 2.24) is 5.32 Å². The summed E-state index contributed by atoms with van der Waals surface area (Å²) >= 11 is 0. The number of anilines is 1. The molecule has 0 aliphatic heterocycles. The van der Waals surface area contributed by atoms with E-state index in [1.54, 1.807) is 6.07 Å². The minimum absolute atomic E-state index is 0.0114. The summed E-state index contributed by atoms with van der Waals surface area (Å²) in [6, 6.07) is 15.0. The maximum Gasteiger partial charge on any atom is 0.146 e. The highest BCUT2D eigenvalue weighted by Gasteiger charge is 2.12. The van der Waals surface area contributed by atoms with Crippen molar-refractivity contribution in [1.29, 1.82) is 0 Å². The van der Waals surface area contributed by atoms with Crippen LogP contribution in [0.2, 0.25) is 0 Å². The summed E-state index contributed by atoms with van der Waals surface area (Å²) in [7, 11) is 1.86. The van der Waals surface area contributed by atoms with E-state index in [1.807, 2.05) is 48.3 Å². The molecule has 0 saturated carbocycles. The highest BCUT2D eigenvalue weighted by molar-refractivity contribution is 5.50. The summed E-state index contributed by atoms with van der Waals surface area (Å²) in [5.74, 6) is -0.265. The van der Waals surface area contributed by atoms with Crippen molar-refractivity contribution in [2.24, 2.45) is 0 Å². The molecule has 0 aliphatic rings. The predicted molar refractivity (Wildman–Crippen MR) is 83.7 cm³/mol. The number of aliphatic hydroxyl groups is 1. The third-order valence-electron chi connectivity index (χ3n) is 3.32. The van der Waals surface area contributed by atoms with Gasteiger partial charge in [-0.25, -0.2) is 4.39 Å². The number of rotatable bonds is 7. The molecule has 0 unspecified atom stereocenters. The Morgan fingerprint density at radius 1 is 1.10 bits per heavy atom. The molecule has 0 radical (unpaired) electrons. The van der Waals surface area contributed by atoms with Crippen molar-refractivity contribution in [2.45, 2.75) is 13.1 Å². The maximum atomic E-state index is 14.1. The van der Waals surface area contributed by atoms with Gasteiger partial charge in [0.25, 0.3) is 0 Å². The SMILES string of the molecule is CNCc1ccc(F)c(N(CCO)Cc2ccccc2)c1. The first-order chi connectivity index (χ1) is 10.2. The summed E-state index contributed by atoms with van der Waals surface area (Å²) in [6.45, 7) is 1.64. The Kier molecular flexibility index (Phi) is 5.72. The minimum Gasteiger partial charge on any atom is -0.395 e. The van der Waals surface area contributed by atoms with Crippen LogP contribution < -0.4 is 10.2 Å². The zero-order valence-electron chi connectivity index (χ0n) is 12.2. The maximum absolute atomic E-state index is 14.1. The van der Waals surface area contributed by atoms with E-state index in [0.717, 1.165) is 11.1 Å². The number of hydrogen-bond donors (Lipinski definition) is 2. The Labute approximate surface area is 125 Å². The Hall–Kier alpha value is -1.91. The first-order valence-corrected chi connectivity index (χ1v) is 7.07. The smallest absolute Gasteiger partial charge is 0.146 e. The summed E-state index contributed by atoms with van der Waals surface area (Å²) in [5, 5.41) is 12.3. The van der Waals surface area contributed by atoms with Gasteiger partial charge in [-0.05, 0) is 30.3 Å². The lowest BCUT2D eigenvalue weighted by molar-refractivity contribution is 0.301. The first kappa shape index (κ1) is 15.5. The summed E-state index contributed by atoms with van der Waals surface area (Å²) in [4.78, 5) is 1.86. The van der Waals surface area contributed by atoms with Gasteiger partial charge in [-0.15, -0.1) is 0 Å². The standard InChI is InChI=1S/C17H21FN2O/c1-19-12-15-7-8-16(18)17(11-15)20(9-10-21)13-14-5-3-2-4-6-14/h2-8,11,19,21H,9-10,12-13H2,1H3. The van der Waals surface area contributed by atoms with Gasteiger partial charge >= 0.3 is 0 Å². The summed E-state index contributed by atoms with van der Waals surface area (Å²) in [5.41, 5.74) is 2.63. The largest absolute Gasteiger partial charge is 0.395 e. The molecular weight excluding hydrogens is 267 g/mol. The van der Waals surface area contributed by atoms with E-state index in [4.69, 9.17) is 0 Å². The molecule has 0 heterocycles. The average molecular weight is 288 g/mol. The topological polar surface area (TPSA) is 35.5 Å². The molecule has 0 saturated heterocycles. The quantitative estimate of drug-likeness (QED) is 0.822. The first-order valence-electron chi connectivity index (χ1n) is 7.07. The van der Waals surface area contributed by atoms with Gasteiger partial charge in [-0.1, -0.05) is 36.4 Å². The minimum atomic E-state index is -0.265. The fourth-order valence-electron chi connectivity index (χ4n) is 2.32. The van der Waals surface area contributed by atoms with E-state index in [-0.39, 0.29) is 12.4 Å². The fourth-order valence-corrected chi connectivity index (χ4v) is 2.32. The Balaban J connectivity index is 2.26. The molecule has 2 aromatic rings.